The van der Waals surface area contributed by atoms with Crippen LogP contribution < -0.4 is 4.90 Å². The molecule has 1 N–H and O–H groups in total. The van der Waals surface area contributed by atoms with Crippen LogP contribution in [0.3, 0.4) is 0 Å². The Morgan fingerprint density at radius 2 is 2.04 bits per heavy atom. The molecule has 0 spiro atoms. The number of aliphatic hydroxyl groups excluding tert-OH is 1. The number of aliphatic hydroxyl groups is 1. The lowest BCUT2D eigenvalue weighted by Gasteiger charge is -2.27. The number of amides is 2. The summed E-state index contributed by atoms with van der Waals surface area (Å²) in [6, 6.07) is 11.8. The molecule has 1 aliphatic heterocycles. The Morgan fingerprint density at radius 1 is 1.27 bits per heavy atom. The SMILES string of the molecule is Cc1ccc(N(Cc2cccs2)C(=O)CN2CCCCC(O)C2=O)cc1. The molecular formula is C20H24N2O3S. The first kappa shape index (κ1) is 18.6. The highest BCUT2D eigenvalue weighted by Crippen LogP contribution is 2.21. The van der Waals surface area contributed by atoms with Crippen molar-refractivity contribution < 1.29 is 14.7 Å². The summed E-state index contributed by atoms with van der Waals surface area (Å²) in [5, 5.41) is 11.9. The van der Waals surface area contributed by atoms with Gasteiger partial charge in [0.25, 0.3) is 5.91 Å². The predicted molar refractivity (Wildman–Crippen MR) is 103 cm³/mol. The van der Waals surface area contributed by atoms with Crippen LogP contribution in [0.15, 0.2) is 41.8 Å². The summed E-state index contributed by atoms with van der Waals surface area (Å²) in [6.45, 7) is 2.99. The van der Waals surface area contributed by atoms with E-state index in [0.717, 1.165) is 29.0 Å². The molecule has 0 saturated carbocycles. The number of aryl methyl sites for hydroxylation is 1. The third-order valence-corrected chi connectivity index (χ3v) is 5.48. The predicted octanol–water partition coefficient (Wildman–Crippen LogP) is 2.96. The fraction of sp³-hybridized carbons (Fsp3) is 0.400. The van der Waals surface area contributed by atoms with Gasteiger partial charge in [0.15, 0.2) is 0 Å². The van der Waals surface area contributed by atoms with Gasteiger partial charge in [-0.3, -0.25) is 9.59 Å². The highest BCUT2D eigenvalue weighted by molar-refractivity contribution is 7.09. The van der Waals surface area contributed by atoms with E-state index in [0.29, 0.717) is 19.5 Å². The number of hydrogen-bond donors (Lipinski definition) is 1. The molecule has 3 rings (SSSR count). The molecule has 0 bridgehead atoms. The van der Waals surface area contributed by atoms with Crippen molar-refractivity contribution in [2.24, 2.45) is 0 Å². The van der Waals surface area contributed by atoms with Crippen LogP contribution in [0.5, 0.6) is 0 Å². The van der Waals surface area contributed by atoms with Gasteiger partial charge in [-0.05, 0) is 49.8 Å². The van der Waals surface area contributed by atoms with Crippen molar-refractivity contribution in [3.63, 3.8) is 0 Å². The number of hydrogen-bond acceptors (Lipinski definition) is 4. The lowest BCUT2D eigenvalue weighted by atomic mass is 10.2. The van der Waals surface area contributed by atoms with Gasteiger partial charge in [-0.2, -0.15) is 0 Å². The van der Waals surface area contributed by atoms with Crippen molar-refractivity contribution in [3.05, 3.63) is 52.2 Å². The quantitative estimate of drug-likeness (QED) is 0.878. The van der Waals surface area contributed by atoms with Crippen LogP contribution in [0.2, 0.25) is 0 Å². The number of carbonyl (C=O) groups is 2. The lowest BCUT2D eigenvalue weighted by molar-refractivity contribution is -0.142. The zero-order valence-corrected chi connectivity index (χ0v) is 15.7. The monoisotopic (exact) mass is 372 g/mol. The van der Waals surface area contributed by atoms with Crippen molar-refractivity contribution in [1.29, 1.82) is 0 Å². The van der Waals surface area contributed by atoms with Crippen LogP contribution in [0.25, 0.3) is 0 Å². The van der Waals surface area contributed by atoms with Crippen molar-refractivity contribution in [2.75, 3.05) is 18.0 Å². The topological polar surface area (TPSA) is 60.9 Å². The number of carbonyl (C=O) groups excluding carboxylic acids is 2. The van der Waals surface area contributed by atoms with Gasteiger partial charge in [-0.15, -0.1) is 11.3 Å². The molecule has 1 unspecified atom stereocenters. The zero-order valence-electron chi connectivity index (χ0n) is 14.9. The van der Waals surface area contributed by atoms with Gasteiger partial charge >= 0.3 is 0 Å². The van der Waals surface area contributed by atoms with Crippen LogP contribution in [0.4, 0.5) is 5.69 Å². The molecule has 1 aromatic heterocycles. The van der Waals surface area contributed by atoms with E-state index >= 15 is 0 Å². The first-order valence-corrected chi connectivity index (χ1v) is 9.79. The molecule has 2 aromatic rings. The van der Waals surface area contributed by atoms with Crippen LogP contribution >= 0.6 is 11.3 Å². The van der Waals surface area contributed by atoms with Gasteiger partial charge in [-0.1, -0.05) is 23.8 Å². The minimum Gasteiger partial charge on any atom is -0.383 e. The number of thiophene rings is 1. The van der Waals surface area contributed by atoms with Crippen molar-refractivity contribution >= 4 is 28.8 Å². The first-order chi connectivity index (χ1) is 12.5. The molecular weight excluding hydrogens is 348 g/mol. The average molecular weight is 372 g/mol. The first-order valence-electron chi connectivity index (χ1n) is 8.91. The Bertz CT molecular complexity index is 743. The summed E-state index contributed by atoms with van der Waals surface area (Å²) in [5.41, 5.74) is 1.94. The minimum atomic E-state index is -0.990. The fourth-order valence-electron chi connectivity index (χ4n) is 3.10. The molecule has 2 amide bonds. The number of nitrogens with zero attached hydrogens (tertiary/aromatic N) is 2. The summed E-state index contributed by atoms with van der Waals surface area (Å²) < 4.78 is 0. The van der Waals surface area contributed by atoms with Gasteiger partial charge < -0.3 is 14.9 Å². The number of rotatable bonds is 5. The average Bonchev–Trinajstić information content (AvgIpc) is 3.10. The maximum atomic E-state index is 13.0. The van der Waals surface area contributed by atoms with Crippen LogP contribution in [-0.2, 0) is 16.1 Å². The number of benzene rings is 1. The van der Waals surface area contributed by atoms with Gasteiger partial charge in [0, 0.05) is 17.1 Å². The standard InChI is InChI=1S/C20H24N2O3S/c1-15-7-9-16(10-8-15)22(13-17-5-4-12-26-17)19(24)14-21-11-3-2-6-18(23)20(21)25/h4-5,7-10,12,18,23H,2-3,6,11,13-14H2,1H3. The Balaban J connectivity index is 1.79. The third-order valence-electron chi connectivity index (χ3n) is 4.62. The molecule has 6 heteroatoms. The van der Waals surface area contributed by atoms with E-state index in [2.05, 4.69) is 0 Å². The van der Waals surface area contributed by atoms with Crippen LogP contribution in [0.1, 0.15) is 29.7 Å². The van der Waals surface area contributed by atoms with Gasteiger partial charge in [0.1, 0.15) is 12.6 Å². The van der Waals surface area contributed by atoms with Crippen LogP contribution in [0, 0.1) is 6.92 Å². The maximum absolute atomic E-state index is 13.0. The zero-order chi connectivity index (χ0) is 18.5. The number of anilines is 1. The van der Waals surface area contributed by atoms with E-state index in [1.165, 1.54) is 4.90 Å². The molecule has 1 saturated heterocycles. The molecule has 0 aliphatic carbocycles. The summed E-state index contributed by atoms with van der Waals surface area (Å²) in [4.78, 5) is 29.6. The second-order valence-electron chi connectivity index (χ2n) is 6.67. The molecule has 1 aliphatic rings. The van der Waals surface area contributed by atoms with E-state index in [4.69, 9.17) is 0 Å². The molecule has 1 aromatic carbocycles. The maximum Gasteiger partial charge on any atom is 0.251 e. The summed E-state index contributed by atoms with van der Waals surface area (Å²) in [6.07, 6.45) is 1.09. The minimum absolute atomic E-state index is 0.00482. The molecule has 2 heterocycles. The third kappa shape index (κ3) is 4.51. The van der Waals surface area contributed by atoms with Gasteiger partial charge in [0.2, 0.25) is 5.91 Å². The molecule has 1 fully saturated rings. The van der Waals surface area contributed by atoms with Crippen molar-refractivity contribution in [1.82, 2.24) is 4.90 Å². The second-order valence-corrected chi connectivity index (χ2v) is 7.70. The molecule has 26 heavy (non-hydrogen) atoms. The molecule has 5 nitrogen and oxygen atoms in total. The molecule has 138 valence electrons. The highest BCUT2D eigenvalue weighted by Gasteiger charge is 2.28. The Hall–Kier alpha value is -2.18. The van der Waals surface area contributed by atoms with E-state index in [-0.39, 0.29) is 18.4 Å². The lowest BCUT2D eigenvalue weighted by Crippen LogP contribution is -2.45. The second kappa shape index (κ2) is 8.47. The largest absolute Gasteiger partial charge is 0.383 e. The van der Waals surface area contributed by atoms with Crippen molar-refractivity contribution in [3.8, 4) is 0 Å². The van der Waals surface area contributed by atoms with Crippen molar-refractivity contribution in [2.45, 2.75) is 38.8 Å². The number of likely N-dealkylation sites (tertiary alicyclic amines) is 1. The summed E-state index contributed by atoms with van der Waals surface area (Å²) >= 11 is 1.60. The Labute approximate surface area is 157 Å². The van der Waals surface area contributed by atoms with E-state index in [1.54, 1.807) is 16.2 Å². The van der Waals surface area contributed by atoms with E-state index in [9.17, 15) is 14.7 Å². The normalized spacial score (nSPS) is 17.8. The Kier molecular flexibility index (Phi) is 6.06. The van der Waals surface area contributed by atoms with E-state index < -0.39 is 6.10 Å². The Morgan fingerprint density at radius 3 is 2.73 bits per heavy atom. The smallest absolute Gasteiger partial charge is 0.251 e. The molecule has 1 atom stereocenters. The summed E-state index contributed by atoms with van der Waals surface area (Å²) in [5.74, 6) is -0.472. The van der Waals surface area contributed by atoms with Crippen LogP contribution in [-0.4, -0.2) is 41.0 Å². The van der Waals surface area contributed by atoms with Gasteiger partial charge in [0.05, 0.1) is 6.54 Å². The van der Waals surface area contributed by atoms with E-state index in [1.807, 2.05) is 48.7 Å². The highest BCUT2D eigenvalue weighted by atomic mass is 32.1. The van der Waals surface area contributed by atoms with Gasteiger partial charge in [-0.25, -0.2) is 0 Å². The summed E-state index contributed by atoms with van der Waals surface area (Å²) in [7, 11) is 0. The fourth-order valence-corrected chi connectivity index (χ4v) is 3.79. The molecule has 0 radical (unpaired) electrons.